The summed E-state index contributed by atoms with van der Waals surface area (Å²) in [6, 6.07) is 5.47. The molecule has 1 unspecified atom stereocenters. The highest BCUT2D eigenvalue weighted by molar-refractivity contribution is 5.75. The molecule has 0 radical (unpaired) electrons. The van der Waals surface area contributed by atoms with E-state index < -0.39 is 11.9 Å². The number of aromatic amines is 2. The molecule has 18 heavy (non-hydrogen) atoms. The van der Waals surface area contributed by atoms with Crippen LogP contribution in [0.4, 0.5) is 0 Å². The summed E-state index contributed by atoms with van der Waals surface area (Å²) in [4.78, 5) is 27.6. The first-order valence-electron chi connectivity index (χ1n) is 5.91. The molecule has 5 nitrogen and oxygen atoms in total. The van der Waals surface area contributed by atoms with Crippen molar-refractivity contribution in [3.63, 3.8) is 0 Å². The monoisotopic (exact) mass is 248 g/mol. The Morgan fingerprint density at radius 1 is 1.28 bits per heavy atom. The zero-order valence-corrected chi connectivity index (χ0v) is 10.4. The number of aromatic nitrogens is 2. The van der Waals surface area contributed by atoms with Crippen molar-refractivity contribution in [3.8, 4) is 0 Å². The number of carboxylic acid groups (broad SMARTS) is 1. The number of rotatable bonds is 4. The van der Waals surface area contributed by atoms with Crippen LogP contribution in [0.5, 0.6) is 0 Å². The van der Waals surface area contributed by atoms with Crippen LogP contribution in [0.2, 0.25) is 0 Å². The summed E-state index contributed by atoms with van der Waals surface area (Å²) in [7, 11) is 0. The number of benzene rings is 1. The largest absolute Gasteiger partial charge is 0.481 e. The first-order valence-corrected chi connectivity index (χ1v) is 5.91. The third kappa shape index (κ3) is 2.45. The minimum atomic E-state index is -0.785. The molecule has 0 amide bonds. The standard InChI is InChI=1S/C13H16N2O3/c1-7(2)9(12(16)17)5-8-3-4-10-11(6-8)15-13(18)14-10/h3-4,6-7,9H,5H2,1-2H3,(H,16,17)(H2,14,15,18). The topological polar surface area (TPSA) is 86.0 Å². The van der Waals surface area contributed by atoms with Crippen LogP contribution >= 0.6 is 0 Å². The second-order valence-corrected chi connectivity index (χ2v) is 4.85. The van der Waals surface area contributed by atoms with Gasteiger partial charge >= 0.3 is 11.7 Å². The quantitative estimate of drug-likeness (QED) is 0.770. The van der Waals surface area contributed by atoms with Crippen molar-refractivity contribution in [1.82, 2.24) is 9.97 Å². The zero-order chi connectivity index (χ0) is 13.3. The van der Waals surface area contributed by atoms with E-state index in [-0.39, 0.29) is 11.6 Å². The Bertz CT molecular complexity index is 624. The molecule has 2 aromatic rings. The first kappa shape index (κ1) is 12.4. The van der Waals surface area contributed by atoms with E-state index in [2.05, 4.69) is 9.97 Å². The van der Waals surface area contributed by atoms with Crippen molar-refractivity contribution in [1.29, 1.82) is 0 Å². The fraction of sp³-hybridized carbons (Fsp3) is 0.385. The second kappa shape index (κ2) is 4.68. The third-order valence-corrected chi connectivity index (χ3v) is 3.16. The number of aliphatic carboxylic acids is 1. The van der Waals surface area contributed by atoms with Gasteiger partial charge in [-0.25, -0.2) is 4.79 Å². The van der Waals surface area contributed by atoms with Gasteiger partial charge < -0.3 is 15.1 Å². The van der Waals surface area contributed by atoms with E-state index in [1.807, 2.05) is 26.0 Å². The summed E-state index contributed by atoms with van der Waals surface area (Å²) >= 11 is 0. The minimum absolute atomic E-state index is 0.0727. The molecule has 0 aliphatic heterocycles. The van der Waals surface area contributed by atoms with E-state index in [0.717, 1.165) is 11.1 Å². The molecule has 1 aromatic heterocycles. The van der Waals surface area contributed by atoms with Gasteiger partial charge in [-0.15, -0.1) is 0 Å². The molecule has 1 atom stereocenters. The van der Waals surface area contributed by atoms with Crippen LogP contribution in [0, 0.1) is 11.8 Å². The Labute approximate surface area is 104 Å². The Morgan fingerprint density at radius 2 is 1.94 bits per heavy atom. The highest BCUT2D eigenvalue weighted by Gasteiger charge is 2.21. The zero-order valence-electron chi connectivity index (χ0n) is 10.4. The van der Waals surface area contributed by atoms with Crippen molar-refractivity contribution in [2.75, 3.05) is 0 Å². The van der Waals surface area contributed by atoms with E-state index in [4.69, 9.17) is 5.11 Å². The highest BCUT2D eigenvalue weighted by atomic mass is 16.4. The van der Waals surface area contributed by atoms with E-state index in [0.29, 0.717) is 11.9 Å². The van der Waals surface area contributed by atoms with Crippen LogP contribution in [0.25, 0.3) is 11.0 Å². The molecule has 0 saturated heterocycles. The molecule has 1 heterocycles. The summed E-state index contributed by atoms with van der Waals surface area (Å²) in [5.41, 5.74) is 2.12. The number of imidazole rings is 1. The number of nitrogens with one attached hydrogen (secondary N) is 2. The first-order chi connectivity index (χ1) is 8.47. The van der Waals surface area contributed by atoms with Crippen molar-refractivity contribution < 1.29 is 9.90 Å². The molecule has 0 bridgehead atoms. The molecule has 2 rings (SSSR count). The molecule has 0 aliphatic rings. The molecule has 0 aliphatic carbocycles. The van der Waals surface area contributed by atoms with Crippen LogP contribution in [-0.4, -0.2) is 21.0 Å². The van der Waals surface area contributed by atoms with E-state index in [1.54, 1.807) is 6.07 Å². The molecule has 0 fully saturated rings. The van der Waals surface area contributed by atoms with Crippen molar-refractivity contribution >= 4 is 17.0 Å². The number of carbonyl (C=O) groups is 1. The van der Waals surface area contributed by atoms with Gasteiger partial charge in [0, 0.05) is 0 Å². The highest BCUT2D eigenvalue weighted by Crippen LogP contribution is 2.19. The second-order valence-electron chi connectivity index (χ2n) is 4.85. The van der Waals surface area contributed by atoms with Crippen molar-refractivity contribution in [2.24, 2.45) is 11.8 Å². The summed E-state index contributed by atoms with van der Waals surface area (Å²) in [5, 5.41) is 9.16. The Morgan fingerprint density at radius 3 is 2.56 bits per heavy atom. The molecule has 0 spiro atoms. The maximum absolute atomic E-state index is 11.1. The van der Waals surface area contributed by atoms with Crippen LogP contribution in [0.3, 0.4) is 0 Å². The number of hydrogen-bond acceptors (Lipinski definition) is 2. The fourth-order valence-electron chi connectivity index (χ4n) is 2.07. The number of H-pyrrole nitrogens is 2. The molecule has 0 saturated carbocycles. The average molecular weight is 248 g/mol. The van der Waals surface area contributed by atoms with Gasteiger partial charge in [0.15, 0.2) is 0 Å². The Hall–Kier alpha value is -2.04. The average Bonchev–Trinajstić information content (AvgIpc) is 2.64. The van der Waals surface area contributed by atoms with Gasteiger partial charge in [-0.05, 0) is 30.0 Å². The molecular weight excluding hydrogens is 232 g/mol. The number of carboxylic acids is 1. The summed E-state index contributed by atoms with van der Waals surface area (Å²) in [6.45, 7) is 3.80. The SMILES string of the molecule is CC(C)C(Cc1ccc2[nH]c(=O)[nH]c2c1)C(=O)O. The van der Waals surface area contributed by atoms with E-state index in [9.17, 15) is 9.59 Å². The van der Waals surface area contributed by atoms with Crippen LogP contribution < -0.4 is 5.69 Å². The molecular formula is C13H16N2O3. The van der Waals surface area contributed by atoms with E-state index in [1.165, 1.54) is 0 Å². The normalized spacial score (nSPS) is 13.1. The summed E-state index contributed by atoms with van der Waals surface area (Å²) in [6.07, 6.45) is 0.468. The Kier molecular flexibility index (Phi) is 3.23. The fourth-order valence-corrected chi connectivity index (χ4v) is 2.07. The smallest absolute Gasteiger partial charge is 0.323 e. The van der Waals surface area contributed by atoms with Crippen LogP contribution in [-0.2, 0) is 11.2 Å². The Balaban J connectivity index is 2.30. The molecule has 3 N–H and O–H groups in total. The van der Waals surface area contributed by atoms with E-state index >= 15 is 0 Å². The van der Waals surface area contributed by atoms with Crippen molar-refractivity contribution in [3.05, 3.63) is 34.2 Å². The number of hydrogen-bond donors (Lipinski definition) is 3. The maximum Gasteiger partial charge on any atom is 0.323 e. The number of fused-ring (bicyclic) bond motifs is 1. The van der Waals surface area contributed by atoms with Crippen LogP contribution in [0.15, 0.2) is 23.0 Å². The van der Waals surface area contributed by atoms with Gasteiger partial charge in [-0.2, -0.15) is 0 Å². The van der Waals surface area contributed by atoms with Gasteiger partial charge in [0.25, 0.3) is 0 Å². The minimum Gasteiger partial charge on any atom is -0.481 e. The van der Waals surface area contributed by atoms with Gasteiger partial charge in [-0.3, -0.25) is 4.79 Å². The lowest BCUT2D eigenvalue weighted by molar-refractivity contribution is -0.143. The predicted octanol–water partition coefficient (Wildman–Crippen LogP) is 1.76. The van der Waals surface area contributed by atoms with Gasteiger partial charge in [-0.1, -0.05) is 19.9 Å². The molecule has 96 valence electrons. The van der Waals surface area contributed by atoms with Gasteiger partial charge in [0.05, 0.1) is 17.0 Å². The molecule has 5 heteroatoms. The predicted molar refractivity (Wildman–Crippen MR) is 68.6 cm³/mol. The lowest BCUT2D eigenvalue weighted by Crippen LogP contribution is -2.22. The summed E-state index contributed by atoms with van der Waals surface area (Å²) < 4.78 is 0. The third-order valence-electron chi connectivity index (χ3n) is 3.16. The van der Waals surface area contributed by atoms with Crippen molar-refractivity contribution in [2.45, 2.75) is 20.3 Å². The van der Waals surface area contributed by atoms with Gasteiger partial charge in [0.1, 0.15) is 0 Å². The lowest BCUT2D eigenvalue weighted by Gasteiger charge is -2.15. The summed E-state index contributed by atoms with van der Waals surface area (Å²) in [5.74, 6) is -1.12. The maximum atomic E-state index is 11.1. The molecule has 1 aromatic carbocycles. The van der Waals surface area contributed by atoms with Crippen LogP contribution in [0.1, 0.15) is 19.4 Å². The lowest BCUT2D eigenvalue weighted by atomic mass is 9.89. The van der Waals surface area contributed by atoms with Gasteiger partial charge in [0.2, 0.25) is 0 Å².